The van der Waals surface area contributed by atoms with Gasteiger partial charge in [0.2, 0.25) is 0 Å². The number of nitrogens with zero attached hydrogens (tertiary/aromatic N) is 3. The Morgan fingerprint density at radius 2 is 2.16 bits per heavy atom. The number of rotatable bonds is 6. The molecule has 0 aliphatic carbocycles. The summed E-state index contributed by atoms with van der Waals surface area (Å²) >= 11 is 1.40. The number of thiophene rings is 1. The quantitative estimate of drug-likeness (QED) is 0.549. The summed E-state index contributed by atoms with van der Waals surface area (Å²) < 4.78 is 24.0. The zero-order chi connectivity index (χ0) is 22.2. The first-order valence-corrected chi connectivity index (χ1v) is 12.2. The van der Waals surface area contributed by atoms with E-state index < -0.39 is 15.3 Å². The van der Waals surface area contributed by atoms with E-state index in [1.165, 1.54) is 23.1 Å². The summed E-state index contributed by atoms with van der Waals surface area (Å²) in [7, 11) is -1.62. The van der Waals surface area contributed by atoms with Crippen LogP contribution in [0, 0.1) is 0 Å². The smallest absolute Gasteiger partial charge is 0.281 e. The lowest BCUT2D eigenvalue weighted by Crippen LogP contribution is -2.34. The van der Waals surface area contributed by atoms with Gasteiger partial charge in [-0.05, 0) is 41.9 Å². The number of aromatic hydroxyl groups is 1. The lowest BCUT2D eigenvalue weighted by Gasteiger charge is -2.22. The van der Waals surface area contributed by atoms with Crippen LogP contribution in [-0.4, -0.2) is 37.9 Å². The summed E-state index contributed by atoms with van der Waals surface area (Å²) in [5.41, 5.74) is 0.178. The molecule has 31 heavy (non-hydrogen) atoms. The molecule has 3 aromatic rings. The van der Waals surface area contributed by atoms with Crippen LogP contribution in [-0.2, 0) is 16.3 Å². The molecule has 162 valence electrons. The van der Waals surface area contributed by atoms with Crippen molar-refractivity contribution >= 4 is 38.4 Å². The zero-order valence-corrected chi connectivity index (χ0v) is 18.8. The highest BCUT2D eigenvalue weighted by Gasteiger charge is 2.28. The number of aromatic nitrogens is 2. The third-order valence-corrected chi connectivity index (χ3v) is 7.25. The van der Waals surface area contributed by atoms with Crippen molar-refractivity contribution in [2.75, 3.05) is 12.4 Å². The van der Waals surface area contributed by atoms with Gasteiger partial charge in [-0.25, -0.2) is 8.89 Å². The number of ether oxygens (including phenoxy) is 1. The second-order valence-corrected chi connectivity index (χ2v) is 9.85. The number of hydrogen-bond donors (Lipinski definition) is 2. The van der Waals surface area contributed by atoms with Crippen LogP contribution >= 0.6 is 11.3 Å². The van der Waals surface area contributed by atoms with Crippen molar-refractivity contribution in [3.8, 4) is 22.1 Å². The second kappa shape index (κ2) is 8.20. The summed E-state index contributed by atoms with van der Waals surface area (Å²) in [6.45, 7) is 2.41. The van der Waals surface area contributed by atoms with E-state index in [1.54, 1.807) is 18.2 Å². The van der Waals surface area contributed by atoms with Crippen molar-refractivity contribution in [1.29, 1.82) is 0 Å². The standard InChI is InChI=1S/C21H22N4O4S2/c1-4-5-10-25-21(27)17(19(26)18(23-25)15-7-6-11-30-15)20-22-14-9-8-13(29-2)12-16(14)31(3,28)24-20/h6-9,11-12,26H,3-5,10H2,1-2H3,(H,22,24,28). The Kier molecular flexibility index (Phi) is 5.59. The second-order valence-electron chi connectivity index (χ2n) is 7.00. The maximum Gasteiger partial charge on any atom is 0.281 e. The largest absolute Gasteiger partial charge is 0.505 e. The highest BCUT2D eigenvalue weighted by atomic mass is 32.2. The zero-order valence-electron chi connectivity index (χ0n) is 17.1. The molecule has 8 nitrogen and oxygen atoms in total. The summed E-state index contributed by atoms with van der Waals surface area (Å²) in [5, 5.41) is 20.3. The molecule has 0 saturated heterocycles. The first-order valence-electron chi connectivity index (χ1n) is 9.66. The molecule has 1 atom stereocenters. The summed E-state index contributed by atoms with van der Waals surface area (Å²) in [5.74, 6) is 3.98. The van der Waals surface area contributed by atoms with E-state index in [0.717, 1.165) is 12.8 Å². The van der Waals surface area contributed by atoms with Gasteiger partial charge in [-0.1, -0.05) is 19.4 Å². The molecule has 3 heterocycles. The van der Waals surface area contributed by atoms with E-state index >= 15 is 0 Å². The minimum atomic E-state index is -3.13. The van der Waals surface area contributed by atoms with E-state index in [2.05, 4.69) is 20.7 Å². The maximum atomic E-state index is 13.3. The van der Waals surface area contributed by atoms with Crippen molar-refractivity contribution in [2.45, 2.75) is 31.2 Å². The first kappa shape index (κ1) is 21.1. The Bertz CT molecular complexity index is 1330. The third kappa shape index (κ3) is 3.84. The molecular formula is C21H22N4O4S2. The average Bonchev–Trinajstić information content (AvgIpc) is 3.27. The van der Waals surface area contributed by atoms with Crippen LogP contribution in [0.5, 0.6) is 11.5 Å². The fourth-order valence-corrected chi connectivity index (χ4v) is 5.27. The van der Waals surface area contributed by atoms with Crippen molar-refractivity contribution in [1.82, 2.24) is 9.78 Å². The molecule has 2 aromatic heterocycles. The highest BCUT2D eigenvalue weighted by Crippen LogP contribution is 2.35. The van der Waals surface area contributed by atoms with Gasteiger partial charge in [-0.3, -0.25) is 4.79 Å². The predicted molar refractivity (Wildman–Crippen MR) is 125 cm³/mol. The number of nitrogens with one attached hydrogen (secondary N) is 1. The molecule has 1 aliphatic rings. The Balaban J connectivity index is 1.92. The number of hydrogen-bond acceptors (Lipinski definition) is 7. The van der Waals surface area contributed by atoms with Crippen LogP contribution in [0.25, 0.3) is 10.6 Å². The van der Waals surface area contributed by atoms with E-state index in [9.17, 15) is 14.1 Å². The molecule has 0 bridgehead atoms. The van der Waals surface area contributed by atoms with Gasteiger partial charge in [-0.15, -0.1) is 11.3 Å². The highest BCUT2D eigenvalue weighted by molar-refractivity contribution is 7.99. The molecule has 0 saturated carbocycles. The number of unbranched alkanes of at least 4 members (excludes halogenated alkanes) is 1. The number of benzene rings is 1. The summed E-state index contributed by atoms with van der Waals surface area (Å²) in [6.07, 6.45) is 1.62. The minimum absolute atomic E-state index is 0.00521. The Hall–Kier alpha value is -3.11. The molecule has 0 fully saturated rings. The van der Waals surface area contributed by atoms with Gasteiger partial charge in [0, 0.05) is 6.54 Å². The van der Waals surface area contributed by atoms with Crippen molar-refractivity contribution in [3.05, 3.63) is 51.6 Å². The Morgan fingerprint density at radius 3 is 2.84 bits per heavy atom. The van der Waals surface area contributed by atoms with E-state index in [-0.39, 0.29) is 22.8 Å². The molecule has 2 N–H and O–H groups in total. The van der Waals surface area contributed by atoms with E-state index in [1.807, 2.05) is 24.4 Å². The molecule has 1 aliphatic heterocycles. The molecule has 0 radical (unpaired) electrons. The Labute approximate surface area is 184 Å². The first-order chi connectivity index (χ1) is 14.9. The normalized spacial score (nSPS) is 17.5. The van der Waals surface area contributed by atoms with Crippen LogP contribution in [0.1, 0.15) is 25.3 Å². The van der Waals surface area contributed by atoms with E-state index in [0.29, 0.717) is 27.8 Å². The summed E-state index contributed by atoms with van der Waals surface area (Å²) in [4.78, 5) is 14.3. The van der Waals surface area contributed by atoms with Gasteiger partial charge in [0.05, 0.1) is 32.3 Å². The fraction of sp³-hybridized carbons (Fsp3) is 0.238. The number of fused-ring (bicyclic) bond motifs is 1. The molecule has 1 aromatic carbocycles. The molecule has 4 rings (SSSR count). The van der Waals surface area contributed by atoms with Crippen molar-refractivity contribution in [3.63, 3.8) is 0 Å². The molecule has 1 unspecified atom stereocenters. The lowest BCUT2D eigenvalue weighted by atomic mass is 10.1. The molecule has 0 spiro atoms. The monoisotopic (exact) mass is 458 g/mol. The van der Waals surface area contributed by atoms with Crippen molar-refractivity contribution in [2.24, 2.45) is 4.40 Å². The molecule has 0 amide bonds. The van der Waals surface area contributed by atoms with Crippen LogP contribution in [0.15, 0.2) is 49.8 Å². The van der Waals surface area contributed by atoms with Gasteiger partial charge in [0.15, 0.2) is 11.6 Å². The molecule has 10 heteroatoms. The fourth-order valence-electron chi connectivity index (χ4n) is 3.27. The molecular weight excluding hydrogens is 436 g/mol. The van der Waals surface area contributed by atoms with Crippen LogP contribution in [0.4, 0.5) is 5.69 Å². The van der Waals surface area contributed by atoms with Gasteiger partial charge in [0.1, 0.15) is 17.0 Å². The Morgan fingerprint density at radius 1 is 1.35 bits per heavy atom. The lowest BCUT2D eigenvalue weighted by molar-refractivity contribution is 0.413. The predicted octanol–water partition coefficient (Wildman–Crippen LogP) is 3.35. The minimum Gasteiger partial charge on any atom is -0.505 e. The third-order valence-electron chi connectivity index (χ3n) is 4.87. The topological polar surface area (TPSA) is 106 Å². The summed E-state index contributed by atoms with van der Waals surface area (Å²) in [6, 6.07) is 8.63. The van der Waals surface area contributed by atoms with Crippen LogP contribution in [0.3, 0.4) is 0 Å². The van der Waals surface area contributed by atoms with Crippen molar-refractivity contribution < 1.29 is 14.1 Å². The van der Waals surface area contributed by atoms with E-state index in [4.69, 9.17) is 4.74 Å². The van der Waals surface area contributed by atoms with Gasteiger partial charge < -0.3 is 15.2 Å². The van der Waals surface area contributed by atoms with Gasteiger partial charge in [0.25, 0.3) is 5.56 Å². The number of aryl methyl sites for hydroxylation is 1. The number of methoxy groups -OCH3 is 1. The van der Waals surface area contributed by atoms with Crippen LogP contribution in [0.2, 0.25) is 0 Å². The number of amidine groups is 1. The SMILES string of the molecule is C=S1(=O)N=C(c2c(O)c(-c3cccs3)nn(CCCC)c2=O)Nc2ccc(OC)cc21. The van der Waals surface area contributed by atoms with Crippen LogP contribution < -0.4 is 15.6 Å². The number of anilines is 1. The maximum absolute atomic E-state index is 13.3. The average molecular weight is 459 g/mol. The van der Waals surface area contributed by atoms with Gasteiger partial charge >= 0.3 is 0 Å². The van der Waals surface area contributed by atoms with Gasteiger partial charge in [-0.2, -0.15) is 9.50 Å².